The molecule has 136 valence electrons. The van der Waals surface area contributed by atoms with E-state index >= 15 is 0 Å². The lowest BCUT2D eigenvalue weighted by atomic mass is 10.0. The lowest BCUT2D eigenvalue weighted by Gasteiger charge is -2.26. The summed E-state index contributed by atoms with van der Waals surface area (Å²) in [5.41, 5.74) is 2.58. The van der Waals surface area contributed by atoms with Crippen LogP contribution in [0.25, 0.3) is 0 Å². The zero-order valence-electron chi connectivity index (χ0n) is 15.0. The SMILES string of the molecule is COc1ccc(C)cc1[C@H](C)NC(=O)C[C@@H]1Oc2ccccc2NC1=O. The van der Waals surface area contributed by atoms with Crippen molar-refractivity contribution in [1.82, 2.24) is 5.32 Å². The standard InChI is InChI=1S/C20H22N2O4/c1-12-8-9-16(25-3)14(10-12)13(2)21-19(23)11-18-20(24)22-15-6-4-5-7-17(15)26-18/h4-10,13,18H,11H2,1-3H3,(H,21,23)(H,22,24)/t13-,18-/m0/s1. The predicted molar refractivity (Wildman–Crippen MR) is 98.4 cm³/mol. The number of hydrogen-bond acceptors (Lipinski definition) is 4. The molecule has 1 aliphatic rings. The molecular formula is C20H22N2O4. The summed E-state index contributed by atoms with van der Waals surface area (Å²) in [6.45, 7) is 3.86. The molecule has 0 unspecified atom stereocenters. The van der Waals surface area contributed by atoms with E-state index < -0.39 is 6.10 Å². The van der Waals surface area contributed by atoms with Crippen LogP contribution in [0.2, 0.25) is 0 Å². The third-order valence-corrected chi connectivity index (χ3v) is 4.31. The van der Waals surface area contributed by atoms with Crippen LogP contribution in [-0.2, 0) is 9.59 Å². The number of carbonyl (C=O) groups is 2. The fourth-order valence-corrected chi connectivity index (χ4v) is 2.97. The summed E-state index contributed by atoms with van der Waals surface area (Å²) in [5.74, 6) is 0.697. The fraction of sp³-hybridized carbons (Fsp3) is 0.300. The zero-order chi connectivity index (χ0) is 18.7. The number of methoxy groups -OCH3 is 1. The topological polar surface area (TPSA) is 76.7 Å². The summed E-state index contributed by atoms with van der Waals surface area (Å²) in [6, 6.07) is 12.7. The van der Waals surface area contributed by atoms with E-state index in [-0.39, 0.29) is 24.3 Å². The molecule has 0 saturated carbocycles. The second kappa shape index (κ2) is 7.47. The average molecular weight is 354 g/mol. The molecule has 0 aliphatic carbocycles. The van der Waals surface area contributed by atoms with E-state index in [1.165, 1.54) is 0 Å². The summed E-state index contributed by atoms with van der Waals surface area (Å²) in [6.07, 6.45) is -0.907. The van der Waals surface area contributed by atoms with E-state index in [9.17, 15) is 9.59 Å². The smallest absolute Gasteiger partial charge is 0.266 e. The van der Waals surface area contributed by atoms with Crippen LogP contribution in [0.4, 0.5) is 5.69 Å². The van der Waals surface area contributed by atoms with Gasteiger partial charge in [-0.1, -0.05) is 29.8 Å². The fourth-order valence-electron chi connectivity index (χ4n) is 2.97. The first kappa shape index (κ1) is 17.8. The first-order chi connectivity index (χ1) is 12.5. The molecule has 2 aromatic carbocycles. The number of rotatable bonds is 5. The molecule has 6 nitrogen and oxygen atoms in total. The number of para-hydroxylation sites is 2. The second-order valence-electron chi connectivity index (χ2n) is 6.33. The van der Waals surface area contributed by atoms with E-state index in [4.69, 9.17) is 9.47 Å². The van der Waals surface area contributed by atoms with Crippen LogP contribution >= 0.6 is 0 Å². The number of fused-ring (bicyclic) bond motifs is 1. The van der Waals surface area contributed by atoms with Crippen LogP contribution in [0.5, 0.6) is 11.5 Å². The quantitative estimate of drug-likeness (QED) is 0.865. The molecule has 26 heavy (non-hydrogen) atoms. The maximum absolute atomic E-state index is 12.4. The average Bonchev–Trinajstić information content (AvgIpc) is 2.62. The van der Waals surface area contributed by atoms with Crippen molar-refractivity contribution in [3.8, 4) is 11.5 Å². The van der Waals surface area contributed by atoms with Gasteiger partial charge >= 0.3 is 0 Å². The maximum Gasteiger partial charge on any atom is 0.266 e. The Hall–Kier alpha value is -3.02. The Balaban J connectivity index is 1.66. The molecule has 1 aliphatic heterocycles. The monoisotopic (exact) mass is 354 g/mol. The highest BCUT2D eigenvalue weighted by atomic mass is 16.5. The first-order valence-electron chi connectivity index (χ1n) is 8.48. The van der Waals surface area contributed by atoms with Crippen molar-refractivity contribution in [2.24, 2.45) is 0 Å². The van der Waals surface area contributed by atoms with Crippen LogP contribution < -0.4 is 20.1 Å². The number of nitrogens with one attached hydrogen (secondary N) is 2. The van der Waals surface area contributed by atoms with Crippen LogP contribution in [0.1, 0.15) is 30.5 Å². The van der Waals surface area contributed by atoms with E-state index in [0.29, 0.717) is 17.2 Å². The number of benzene rings is 2. The van der Waals surface area contributed by atoms with Gasteiger partial charge in [0.25, 0.3) is 5.91 Å². The summed E-state index contributed by atoms with van der Waals surface area (Å²) < 4.78 is 11.0. The summed E-state index contributed by atoms with van der Waals surface area (Å²) >= 11 is 0. The van der Waals surface area contributed by atoms with Crippen LogP contribution in [-0.4, -0.2) is 25.0 Å². The van der Waals surface area contributed by atoms with Crippen molar-refractivity contribution in [2.75, 3.05) is 12.4 Å². The van der Waals surface area contributed by atoms with Gasteiger partial charge in [-0.2, -0.15) is 0 Å². The number of hydrogen-bond donors (Lipinski definition) is 2. The Bertz CT molecular complexity index is 834. The molecule has 0 bridgehead atoms. The summed E-state index contributed by atoms with van der Waals surface area (Å²) in [7, 11) is 1.60. The van der Waals surface area contributed by atoms with Gasteiger partial charge in [0.15, 0.2) is 6.10 Å². The lowest BCUT2D eigenvalue weighted by molar-refractivity contribution is -0.130. The van der Waals surface area contributed by atoms with Crippen molar-refractivity contribution in [2.45, 2.75) is 32.4 Å². The maximum atomic E-state index is 12.4. The minimum Gasteiger partial charge on any atom is -0.496 e. The van der Waals surface area contributed by atoms with Gasteiger partial charge in [-0.05, 0) is 32.0 Å². The molecule has 2 amide bonds. The third-order valence-electron chi connectivity index (χ3n) is 4.31. The lowest BCUT2D eigenvalue weighted by Crippen LogP contribution is -2.41. The van der Waals surface area contributed by atoms with Crippen molar-refractivity contribution < 1.29 is 19.1 Å². The van der Waals surface area contributed by atoms with Crippen LogP contribution in [0, 0.1) is 6.92 Å². The van der Waals surface area contributed by atoms with E-state index in [1.54, 1.807) is 19.2 Å². The summed E-state index contributed by atoms with van der Waals surface area (Å²) in [5, 5.41) is 5.67. The molecule has 0 radical (unpaired) electrons. The molecule has 6 heteroatoms. The van der Waals surface area contributed by atoms with Crippen molar-refractivity contribution in [3.63, 3.8) is 0 Å². The summed E-state index contributed by atoms with van der Waals surface area (Å²) in [4.78, 5) is 24.6. The number of ether oxygens (including phenoxy) is 2. The Morgan fingerprint density at radius 2 is 2.08 bits per heavy atom. The number of amides is 2. The molecule has 2 aromatic rings. The molecule has 0 fully saturated rings. The Morgan fingerprint density at radius 1 is 1.31 bits per heavy atom. The van der Waals surface area contributed by atoms with Gasteiger partial charge < -0.3 is 20.1 Å². The molecular weight excluding hydrogens is 332 g/mol. The Kier molecular flexibility index (Phi) is 5.11. The third kappa shape index (κ3) is 3.79. The van der Waals surface area contributed by atoms with Crippen molar-refractivity contribution in [3.05, 3.63) is 53.6 Å². The van der Waals surface area contributed by atoms with Gasteiger partial charge in [0.05, 0.1) is 25.3 Å². The number of aryl methyl sites for hydroxylation is 1. The highest BCUT2D eigenvalue weighted by Crippen LogP contribution is 2.30. The largest absolute Gasteiger partial charge is 0.496 e. The molecule has 0 aromatic heterocycles. The van der Waals surface area contributed by atoms with Crippen molar-refractivity contribution in [1.29, 1.82) is 0 Å². The van der Waals surface area contributed by atoms with Gasteiger partial charge in [0, 0.05) is 5.56 Å². The van der Waals surface area contributed by atoms with Gasteiger partial charge in [-0.3, -0.25) is 9.59 Å². The van der Waals surface area contributed by atoms with Gasteiger partial charge in [-0.25, -0.2) is 0 Å². The van der Waals surface area contributed by atoms with Crippen LogP contribution in [0.3, 0.4) is 0 Å². The number of anilines is 1. The molecule has 0 spiro atoms. The zero-order valence-corrected chi connectivity index (χ0v) is 15.0. The highest BCUT2D eigenvalue weighted by molar-refractivity contribution is 5.99. The first-order valence-corrected chi connectivity index (χ1v) is 8.48. The number of carbonyl (C=O) groups excluding carboxylic acids is 2. The predicted octanol–water partition coefficient (Wildman–Crippen LogP) is 2.97. The molecule has 0 saturated heterocycles. The van der Waals surface area contributed by atoms with E-state index in [1.807, 2.05) is 44.2 Å². The van der Waals surface area contributed by atoms with Crippen molar-refractivity contribution >= 4 is 17.5 Å². The van der Waals surface area contributed by atoms with Gasteiger partial charge in [-0.15, -0.1) is 0 Å². The second-order valence-corrected chi connectivity index (χ2v) is 6.33. The Morgan fingerprint density at radius 3 is 2.85 bits per heavy atom. The normalized spacial score (nSPS) is 16.7. The van der Waals surface area contributed by atoms with Gasteiger partial charge in [0.1, 0.15) is 11.5 Å². The minimum absolute atomic E-state index is 0.0569. The van der Waals surface area contributed by atoms with Gasteiger partial charge in [0.2, 0.25) is 5.91 Å². The minimum atomic E-state index is -0.850. The highest BCUT2D eigenvalue weighted by Gasteiger charge is 2.30. The Labute approximate surface area is 152 Å². The van der Waals surface area contributed by atoms with Crippen LogP contribution in [0.15, 0.2) is 42.5 Å². The molecule has 2 N–H and O–H groups in total. The molecule has 3 rings (SSSR count). The molecule has 1 heterocycles. The molecule has 2 atom stereocenters. The van der Waals surface area contributed by atoms with E-state index in [0.717, 1.165) is 11.1 Å². The van der Waals surface area contributed by atoms with E-state index in [2.05, 4.69) is 10.6 Å².